The number of anilines is 1. The summed E-state index contributed by atoms with van der Waals surface area (Å²) in [6.45, 7) is 6.88. The van der Waals surface area contributed by atoms with E-state index < -0.39 is 22.4 Å². The van der Waals surface area contributed by atoms with E-state index in [1.165, 1.54) is 91.3 Å². The van der Waals surface area contributed by atoms with Crippen molar-refractivity contribution in [1.82, 2.24) is 29.5 Å². The van der Waals surface area contributed by atoms with E-state index in [1.54, 1.807) is 50.9 Å². The number of piperidine rings is 3. The summed E-state index contributed by atoms with van der Waals surface area (Å²) in [6, 6.07) is 31.6. The number of allylic oxidation sites excluding steroid dienone is 4. The molecule has 8 bridgehead atoms. The van der Waals surface area contributed by atoms with Crippen molar-refractivity contribution in [1.29, 1.82) is 0 Å². The van der Waals surface area contributed by atoms with Gasteiger partial charge in [-0.15, -0.1) is 0 Å². The van der Waals surface area contributed by atoms with Crippen LogP contribution in [-0.4, -0.2) is 207 Å². The predicted octanol–water partition coefficient (Wildman–Crippen LogP) is 14.1. The Morgan fingerprint density at radius 3 is 1.82 bits per heavy atom. The van der Waals surface area contributed by atoms with Gasteiger partial charge in [-0.2, -0.15) is 0 Å². The van der Waals surface area contributed by atoms with Crippen molar-refractivity contribution in [3.05, 3.63) is 258 Å². The Morgan fingerprint density at radius 1 is 0.583 bits per heavy atom. The van der Waals surface area contributed by atoms with Gasteiger partial charge in [0, 0.05) is 182 Å². The molecule has 4 aliphatic carbocycles. The third-order valence-corrected chi connectivity index (χ3v) is 29.0. The fourth-order valence-corrected chi connectivity index (χ4v) is 23.8. The number of esters is 4. The molecule has 9 fully saturated rings. The number of methoxy groups -OCH3 is 2. The normalized spacial score (nSPS) is 32.1. The number of hydrogen-bond donors (Lipinski definition) is 2. The topological polar surface area (TPSA) is 196 Å². The fraction of sp³-hybridized carbons (Fsp3) is 0.450. The summed E-state index contributed by atoms with van der Waals surface area (Å²) in [5.41, 5.74) is 14.7. The lowest BCUT2D eigenvalue weighted by molar-refractivity contribution is -0.151. The van der Waals surface area contributed by atoms with E-state index in [-0.39, 0.29) is 61.5 Å². The number of aliphatic hydroxyl groups is 2. The third kappa shape index (κ3) is 15.3. The van der Waals surface area contributed by atoms with Gasteiger partial charge in [0.2, 0.25) is 0 Å². The van der Waals surface area contributed by atoms with Crippen LogP contribution in [0.5, 0.6) is 0 Å². The molecule has 14 aliphatic heterocycles. The molecule has 622 valence electrons. The maximum atomic E-state index is 12.3. The van der Waals surface area contributed by atoms with Crippen molar-refractivity contribution in [2.75, 3.05) is 59.4 Å². The first-order chi connectivity index (χ1) is 58.4. The molecule has 4 spiro atoms. The van der Waals surface area contributed by atoms with E-state index in [2.05, 4.69) is 178 Å². The van der Waals surface area contributed by atoms with Gasteiger partial charge < -0.3 is 48.4 Å². The lowest BCUT2D eigenvalue weighted by Crippen LogP contribution is -2.48. The van der Waals surface area contributed by atoms with E-state index >= 15 is 0 Å². The number of aromatic nitrogens is 1. The van der Waals surface area contributed by atoms with Crippen molar-refractivity contribution < 1.29 is 57.8 Å². The molecule has 15 heterocycles. The van der Waals surface area contributed by atoms with Gasteiger partial charge in [-0.3, -0.25) is 24.6 Å². The van der Waals surface area contributed by atoms with Crippen LogP contribution in [0.2, 0.25) is 0 Å². The first-order valence-corrected chi connectivity index (χ1v) is 44.3. The summed E-state index contributed by atoms with van der Waals surface area (Å²) in [5, 5.41) is 18.2. The maximum Gasteiger partial charge on any atom is 0.332 e. The third-order valence-electron chi connectivity index (χ3n) is 28.2. The number of pyridine rings is 1. The Balaban J connectivity index is 0.000000104. The van der Waals surface area contributed by atoms with Crippen molar-refractivity contribution in [2.45, 2.75) is 231 Å². The second kappa shape index (κ2) is 34.0. The van der Waals surface area contributed by atoms with Gasteiger partial charge in [-0.25, -0.2) is 19.2 Å². The van der Waals surface area contributed by atoms with Crippen LogP contribution in [0, 0.1) is 23.7 Å². The maximum absolute atomic E-state index is 12.3. The van der Waals surface area contributed by atoms with Gasteiger partial charge in [0.05, 0.1) is 49.1 Å². The minimum atomic E-state index is -0.601. The summed E-state index contributed by atoms with van der Waals surface area (Å²) in [6.07, 6.45) is 53.5. The molecule has 4 aromatic rings. The minimum absolute atomic E-state index is 0.0343. The standard InChI is InChI=1S/C23H26N2O2.C22H22N2O4.C22H21NO3.C20H27NO.C13H12BrNO2/c1-24(2)18-10-7-16(8-11-18)6-9-17-13-19-15-23(20(17)14-22(26)27-23)21-5-3-4-12-25(19)21;1-26-21(27-2)18-7-8-19-22-12-16(24(18)19)10-15(17(22)11-20(25)28-22)6-5-14-4-3-9-23-13-14;24-14-16-6-4-15(5-7-16)8-9-17-11-18-13-22(19(17)12-21(25)26-22)20-3-1-2-10-23(18)20;1-16(5-6-17-7-9-18(15-22)10-8-17)14-20-12-11-19-4-2-3-13-21(19)20;14-10-2-1-5-15-9-4-3-8-6-11(16)17-13(8,7-9)12(10)15/h6-11,13-14,19,21H,3-5,12,15H2,1-2H3;3-4,9-11,13,16,18-19,21H,7-8,12H2,1-2H3;4-7,11-12,18,20,24H,1-3,10,13-14H2;5-10,14,19-20,22H,2-4,11-13,15H2,1H3;3-4,6,9H,1-2,5,7H2/b;;;6-5?,16-14+;. The number of nitrogens with zero attached hydrogens (tertiary/aromatic N) is 7. The first-order valence-electron chi connectivity index (χ1n) is 43.5. The minimum Gasteiger partial charge on any atom is -0.449 e. The largest absolute Gasteiger partial charge is 0.449 e. The zero-order chi connectivity index (χ0) is 82.6. The first kappa shape index (κ1) is 81.5. The lowest BCUT2D eigenvalue weighted by Gasteiger charge is -2.38. The molecule has 18 aliphatic rings. The molecule has 120 heavy (non-hydrogen) atoms. The molecule has 0 amide bonds. The van der Waals surface area contributed by atoms with Crippen LogP contribution in [-0.2, 0) is 60.8 Å². The van der Waals surface area contributed by atoms with E-state index in [0.29, 0.717) is 36.3 Å². The number of aliphatic hydroxyl groups excluding tert-OH is 2. The smallest absolute Gasteiger partial charge is 0.332 e. The number of rotatable bonds is 11. The van der Waals surface area contributed by atoms with E-state index in [4.69, 9.17) is 38.6 Å². The monoisotopic (exact) mass is 1680 g/mol. The van der Waals surface area contributed by atoms with Crippen LogP contribution >= 0.6 is 15.9 Å². The van der Waals surface area contributed by atoms with Gasteiger partial charge in [-0.05, 0) is 168 Å². The summed E-state index contributed by atoms with van der Waals surface area (Å²) < 4.78 is 35.9. The summed E-state index contributed by atoms with van der Waals surface area (Å²) in [5.74, 6) is 12.1. The highest BCUT2D eigenvalue weighted by Gasteiger charge is 2.67. The SMILES string of the molecule is C/C(C=Cc1ccc(CO)cc1)=C\C1CCC2CCCCN12.CN(C)c1ccc(C=CC2=CC3CC4(OC(=O)C=C24)C2CCCCN32)cc1.COC(OC)C1CCC2N1C1C=C(C#Cc3cccnc3)C3=CC(=O)OC32C1.O=C1C=C2C(C#Cc3ccc(CO)cc3)=CC3CC2(O1)C1CCCCN31.O=C1C=C2C=CC3CC2(O1)C1=C(Br)CCCN13. The molecule has 14 atom stereocenters. The second-order valence-electron chi connectivity index (χ2n) is 35.3. The molecular formula is C100H108BrN7O12. The molecule has 22 rings (SSSR count). The van der Waals surface area contributed by atoms with Gasteiger partial charge in [0.25, 0.3) is 0 Å². The van der Waals surface area contributed by atoms with Crippen molar-refractivity contribution >= 4 is 57.6 Å². The van der Waals surface area contributed by atoms with Crippen LogP contribution in [0.15, 0.2) is 225 Å². The van der Waals surface area contributed by atoms with Crippen LogP contribution in [0.1, 0.15) is 162 Å². The van der Waals surface area contributed by atoms with Crippen LogP contribution in [0.4, 0.5) is 5.69 Å². The Kier molecular flexibility index (Phi) is 23.1. The van der Waals surface area contributed by atoms with E-state index in [0.717, 1.165) is 157 Å². The van der Waals surface area contributed by atoms with Crippen LogP contribution < -0.4 is 4.90 Å². The predicted molar refractivity (Wildman–Crippen MR) is 464 cm³/mol. The number of fused-ring (bicyclic) bond motifs is 13. The number of carbonyl (C=O) groups is 4. The van der Waals surface area contributed by atoms with Crippen LogP contribution in [0.25, 0.3) is 12.2 Å². The molecular weight excluding hydrogens is 1570 g/mol. The zero-order valence-electron chi connectivity index (χ0n) is 69.3. The quantitative estimate of drug-likeness (QED) is 0.0472. The highest BCUT2D eigenvalue weighted by Crippen LogP contribution is 2.59. The number of carbonyl (C=O) groups excluding carboxylic acids is 4. The number of hydrogen-bond acceptors (Lipinski definition) is 19. The lowest BCUT2D eigenvalue weighted by atomic mass is 9.76. The summed E-state index contributed by atoms with van der Waals surface area (Å²) >= 11 is 3.67. The van der Waals surface area contributed by atoms with Crippen LogP contribution in [0.3, 0.4) is 0 Å². The number of benzene rings is 3. The number of halogens is 1. The highest BCUT2D eigenvalue weighted by molar-refractivity contribution is 9.11. The second-order valence-corrected chi connectivity index (χ2v) is 36.2. The molecule has 14 unspecified atom stereocenters. The van der Waals surface area contributed by atoms with Crippen molar-refractivity contribution in [3.8, 4) is 23.7 Å². The summed E-state index contributed by atoms with van der Waals surface area (Å²) in [4.78, 5) is 67.0. The van der Waals surface area contributed by atoms with Gasteiger partial charge in [0.1, 0.15) is 0 Å². The Bertz CT molecular complexity index is 5220. The fourth-order valence-electron chi connectivity index (χ4n) is 23.0. The molecule has 9 saturated heterocycles. The molecule has 19 nitrogen and oxygen atoms in total. The molecule has 0 radical (unpaired) electrons. The molecule has 20 heteroatoms. The molecule has 3 aromatic carbocycles. The van der Waals surface area contributed by atoms with Gasteiger partial charge in [0.15, 0.2) is 28.7 Å². The molecule has 1 aromatic heterocycles. The van der Waals surface area contributed by atoms with Crippen molar-refractivity contribution in [2.24, 2.45) is 0 Å². The van der Waals surface area contributed by atoms with Gasteiger partial charge >= 0.3 is 23.9 Å². The average molecular weight is 1680 g/mol. The van der Waals surface area contributed by atoms with Gasteiger partial charge in [-0.1, -0.05) is 174 Å². The highest BCUT2D eigenvalue weighted by atomic mass is 79.9. The Morgan fingerprint density at radius 2 is 1.17 bits per heavy atom. The Labute approximate surface area is 713 Å². The van der Waals surface area contributed by atoms with E-state index in [1.807, 2.05) is 62.6 Å². The zero-order valence-corrected chi connectivity index (χ0v) is 70.9. The molecule has 2 N–H and O–H groups in total. The molecule has 0 saturated carbocycles. The summed E-state index contributed by atoms with van der Waals surface area (Å²) in [7, 11) is 7.43. The average Bonchev–Trinajstić information content (AvgIpc) is 1.82. The number of ether oxygens (including phenoxy) is 6. The van der Waals surface area contributed by atoms with Crippen molar-refractivity contribution in [3.63, 3.8) is 0 Å². The Hall–Kier alpha value is -9.55. The van der Waals surface area contributed by atoms with E-state index in [9.17, 15) is 19.2 Å².